The Balaban J connectivity index is 1.72. The first-order chi connectivity index (χ1) is 9.33. The van der Waals surface area contributed by atoms with Crippen molar-refractivity contribution in [2.45, 2.75) is 44.6 Å². The first-order valence-corrected chi connectivity index (χ1v) is 7.22. The number of hydrogen-bond acceptors (Lipinski definition) is 4. The highest BCUT2D eigenvalue weighted by molar-refractivity contribution is 5.92. The van der Waals surface area contributed by atoms with Crippen LogP contribution in [0, 0.1) is 0 Å². The Labute approximate surface area is 113 Å². The van der Waals surface area contributed by atoms with Crippen molar-refractivity contribution in [2.24, 2.45) is 0 Å². The highest BCUT2D eigenvalue weighted by Gasteiger charge is 2.24. The molecule has 5 nitrogen and oxygen atoms in total. The second-order valence-corrected chi connectivity index (χ2v) is 5.39. The smallest absolute Gasteiger partial charge is 0.270 e. The average Bonchev–Trinajstić information content (AvgIpc) is 3.25. The van der Waals surface area contributed by atoms with E-state index in [1.54, 1.807) is 12.3 Å². The number of rotatable bonds is 3. The van der Waals surface area contributed by atoms with Gasteiger partial charge in [-0.3, -0.25) is 4.79 Å². The number of carbonyl (C=O) groups is 1. The van der Waals surface area contributed by atoms with Gasteiger partial charge in [0, 0.05) is 25.3 Å². The first kappa shape index (κ1) is 12.4. The van der Waals surface area contributed by atoms with Gasteiger partial charge < -0.3 is 10.2 Å². The fraction of sp³-hybridized carbons (Fsp3) is 0.643. The Morgan fingerprint density at radius 3 is 2.63 bits per heavy atom. The molecule has 1 aliphatic heterocycles. The van der Waals surface area contributed by atoms with Crippen molar-refractivity contribution in [1.29, 1.82) is 0 Å². The van der Waals surface area contributed by atoms with Crippen molar-refractivity contribution in [3.8, 4) is 0 Å². The largest absolute Gasteiger partial charge is 0.348 e. The molecule has 1 aromatic heterocycles. The van der Waals surface area contributed by atoms with E-state index in [2.05, 4.69) is 20.2 Å². The summed E-state index contributed by atoms with van der Waals surface area (Å²) in [6.07, 6.45) is 8.79. The molecule has 1 saturated carbocycles. The number of anilines is 1. The molecule has 2 fully saturated rings. The molecule has 1 N–H and O–H groups in total. The van der Waals surface area contributed by atoms with Gasteiger partial charge in [0.1, 0.15) is 5.69 Å². The second kappa shape index (κ2) is 5.55. The number of amides is 1. The molecule has 2 aliphatic rings. The van der Waals surface area contributed by atoms with Crippen LogP contribution in [0.1, 0.15) is 49.0 Å². The molecule has 0 unspecified atom stereocenters. The van der Waals surface area contributed by atoms with Gasteiger partial charge in [0.05, 0.1) is 0 Å². The summed E-state index contributed by atoms with van der Waals surface area (Å²) >= 11 is 0. The molecule has 1 saturated heterocycles. The van der Waals surface area contributed by atoms with Gasteiger partial charge in [-0.2, -0.15) is 0 Å². The van der Waals surface area contributed by atoms with Crippen LogP contribution in [0.25, 0.3) is 0 Å². The lowest BCUT2D eigenvalue weighted by atomic mass is 10.2. The minimum Gasteiger partial charge on any atom is -0.348 e. The third-order valence-corrected chi connectivity index (χ3v) is 3.68. The number of nitrogens with one attached hydrogen (secondary N) is 1. The van der Waals surface area contributed by atoms with E-state index in [1.165, 1.54) is 25.7 Å². The van der Waals surface area contributed by atoms with E-state index in [9.17, 15) is 4.79 Å². The Hall–Kier alpha value is -1.65. The van der Waals surface area contributed by atoms with Gasteiger partial charge in [0.15, 0.2) is 0 Å². The van der Waals surface area contributed by atoms with Gasteiger partial charge in [-0.05, 0) is 31.7 Å². The molecular formula is C14H20N4O. The SMILES string of the molecule is O=C(NC1CC1)c1ccnc(N2CCCCCC2)n1. The van der Waals surface area contributed by atoms with Crippen LogP contribution < -0.4 is 10.2 Å². The maximum absolute atomic E-state index is 12.0. The molecule has 1 aliphatic carbocycles. The molecule has 0 bridgehead atoms. The third-order valence-electron chi connectivity index (χ3n) is 3.68. The van der Waals surface area contributed by atoms with Crippen LogP contribution in [-0.4, -0.2) is 35.0 Å². The summed E-state index contributed by atoms with van der Waals surface area (Å²) in [5, 5.41) is 2.96. The summed E-state index contributed by atoms with van der Waals surface area (Å²) in [4.78, 5) is 22.9. The van der Waals surface area contributed by atoms with Crippen LogP contribution in [0.3, 0.4) is 0 Å². The van der Waals surface area contributed by atoms with Crippen molar-refractivity contribution >= 4 is 11.9 Å². The minimum absolute atomic E-state index is 0.0685. The van der Waals surface area contributed by atoms with E-state index in [0.29, 0.717) is 17.7 Å². The lowest BCUT2D eigenvalue weighted by Crippen LogP contribution is -2.29. The first-order valence-electron chi connectivity index (χ1n) is 7.22. The number of hydrogen-bond donors (Lipinski definition) is 1. The maximum Gasteiger partial charge on any atom is 0.270 e. The minimum atomic E-state index is -0.0685. The topological polar surface area (TPSA) is 58.1 Å². The zero-order valence-electron chi connectivity index (χ0n) is 11.1. The van der Waals surface area contributed by atoms with Crippen LogP contribution in [0.2, 0.25) is 0 Å². The molecule has 0 aromatic carbocycles. The highest BCUT2D eigenvalue weighted by atomic mass is 16.2. The predicted octanol–water partition coefficient (Wildman–Crippen LogP) is 1.75. The van der Waals surface area contributed by atoms with Gasteiger partial charge in [-0.25, -0.2) is 9.97 Å². The van der Waals surface area contributed by atoms with E-state index in [-0.39, 0.29) is 5.91 Å². The van der Waals surface area contributed by atoms with E-state index in [0.717, 1.165) is 25.9 Å². The van der Waals surface area contributed by atoms with Gasteiger partial charge in [-0.15, -0.1) is 0 Å². The molecule has 0 atom stereocenters. The van der Waals surface area contributed by atoms with Crippen LogP contribution in [0.5, 0.6) is 0 Å². The lowest BCUT2D eigenvalue weighted by molar-refractivity contribution is 0.0946. The molecule has 0 radical (unpaired) electrons. The molecule has 0 spiro atoms. The van der Waals surface area contributed by atoms with Gasteiger partial charge >= 0.3 is 0 Å². The maximum atomic E-state index is 12.0. The summed E-state index contributed by atoms with van der Waals surface area (Å²) in [5.41, 5.74) is 0.487. The van der Waals surface area contributed by atoms with Crippen molar-refractivity contribution in [3.63, 3.8) is 0 Å². The monoisotopic (exact) mass is 260 g/mol. The quantitative estimate of drug-likeness (QED) is 0.899. The second-order valence-electron chi connectivity index (χ2n) is 5.39. The zero-order chi connectivity index (χ0) is 13.1. The Bertz CT molecular complexity index is 451. The third kappa shape index (κ3) is 3.22. The number of nitrogens with zero attached hydrogens (tertiary/aromatic N) is 3. The molecule has 5 heteroatoms. The standard InChI is InChI=1S/C14H20N4O/c19-13(16-11-5-6-11)12-7-8-15-14(17-12)18-9-3-1-2-4-10-18/h7-8,11H,1-6,9-10H2,(H,16,19). The van der Waals surface area contributed by atoms with E-state index in [1.807, 2.05) is 0 Å². The Morgan fingerprint density at radius 2 is 1.95 bits per heavy atom. The summed E-state index contributed by atoms with van der Waals surface area (Å²) in [6.45, 7) is 1.99. The zero-order valence-corrected chi connectivity index (χ0v) is 11.1. The highest BCUT2D eigenvalue weighted by Crippen LogP contribution is 2.19. The fourth-order valence-corrected chi connectivity index (χ4v) is 2.38. The molecule has 2 heterocycles. The van der Waals surface area contributed by atoms with Crippen LogP contribution in [-0.2, 0) is 0 Å². The van der Waals surface area contributed by atoms with E-state index < -0.39 is 0 Å². The summed E-state index contributed by atoms with van der Waals surface area (Å²) in [5.74, 6) is 0.631. The van der Waals surface area contributed by atoms with Gasteiger partial charge in [-0.1, -0.05) is 12.8 Å². The lowest BCUT2D eigenvalue weighted by Gasteiger charge is -2.20. The number of aromatic nitrogens is 2. The molecule has 1 amide bonds. The fourth-order valence-electron chi connectivity index (χ4n) is 2.38. The Kier molecular flexibility index (Phi) is 3.62. The summed E-state index contributed by atoms with van der Waals surface area (Å²) in [6, 6.07) is 2.06. The van der Waals surface area contributed by atoms with E-state index in [4.69, 9.17) is 0 Å². The molecular weight excluding hydrogens is 240 g/mol. The van der Waals surface area contributed by atoms with E-state index >= 15 is 0 Å². The molecule has 1 aromatic rings. The van der Waals surface area contributed by atoms with Crippen molar-refractivity contribution in [2.75, 3.05) is 18.0 Å². The summed E-state index contributed by atoms with van der Waals surface area (Å²) in [7, 11) is 0. The summed E-state index contributed by atoms with van der Waals surface area (Å²) < 4.78 is 0. The van der Waals surface area contributed by atoms with Crippen molar-refractivity contribution in [1.82, 2.24) is 15.3 Å². The molecule has 3 rings (SSSR count). The van der Waals surface area contributed by atoms with Crippen molar-refractivity contribution in [3.05, 3.63) is 18.0 Å². The van der Waals surface area contributed by atoms with Crippen LogP contribution in [0.15, 0.2) is 12.3 Å². The van der Waals surface area contributed by atoms with Crippen molar-refractivity contribution < 1.29 is 4.79 Å². The predicted molar refractivity (Wildman–Crippen MR) is 73.2 cm³/mol. The van der Waals surface area contributed by atoms with Crippen LogP contribution >= 0.6 is 0 Å². The van der Waals surface area contributed by atoms with Gasteiger partial charge in [0.2, 0.25) is 5.95 Å². The molecule has 102 valence electrons. The number of carbonyl (C=O) groups excluding carboxylic acids is 1. The Morgan fingerprint density at radius 1 is 1.21 bits per heavy atom. The normalized spacial score (nSPS) is 19.9. The van der Waals surface area contributed by atoms with Gasteiger partial charge in [0.25, 0.3) is 5.91 Å². The van der Waals surface area contributed by atoms with Crippen LogP contribution in [0.4, 0.5) is 5.95 Å². The average molecular weight is 260 g/mol. The molecule has 19 heavy (non-hydrogen) atoms.